The Labute approximate surface area is 234 Å². The molecule has 0 saturated carbocycles. The third-order valence-corrected chi connectivity index (χ3v) is 7.32. The molecule has 0 radical (unpaired) electrons. The molecular weight excluding hydrogens is 523 g/mol. The quantitative estimate of drug-likeness (QED) is 0.224. The zero-order valence-corrected chi connectivity index (χ0v) is 24.4. The first-order valence-corrected chi connectivity index (χ1v) is 13.8. The lowest BCUT2D eigenvalue weighted by molar-refractivity contribution is -0.140. The minimum Gasteiger partial charge on any atom is -0.501 e. The summed E-state index contributed by atoms with van der Waals surface area (Å²) in [5.41, 5.74) is -0.0614. The number of amides is 1. The Hall–Kier alpha value is -3.04. The average Bonchev–Trinajstić information content (AvgIpc) is 3.21. The van der Waals surface area contributed by atoms with E-state index in [1.165, 1.54) is 7.11 Å². The van der Waals surface area contributed by atoms with Crippen LogP contribution >= 0.6 is 0 Å². The number of likely N-dealkylation sites (tertiary alicyclic amines) is 1. The number of imidazole rings is 1. The number of halogens is 3. The maximum atomic E-state index is 13.7. The maximum absolute atomic E-state index is 13.7. The van der Waals surface area contributed by atoms with Crippen molar-refractivity contribution in [3.63, 3.8) is 0 Å². The Kier molecular flexibility index (Phi) is 9.95. The van der Waals surface area contributed by atoms with E-state index < -0.39 is 30.2 Å². The standard InChI is InChI=1S/C30H42F3N3O4/c1-19(2)12-13-21(23-14-22(20(3)39-7)16-35(17-23)28(38)40-29(4,5)6)15-26(37)27-34-24-10-8-9-11-25(24)36(27)18-30(31,32)33/h8-11,19,21-23H,3,12-18H2,1-2,4-7H3/t21?,22-,23+/m1/s1. The van der Waals surface area contributed by atoms with Gasteiger partial charge in [-0.1, -0.05) is 39.0 Å². The second-order valence-corrected chi connectivity index (χ2v) is 12.2. The Bertz CT molecular complexity index is 1200. The minimum absolute atomic E-state index is 0.0207. The third kappa shape index (κ3) is 8.48. The topological polar surface area (TPSA) is 73.7 Å². The molecule has 1 unspecified atom stereocenters. The van der Waals surface area contributed by atoms with Gasteiger partial charge in [0.1, 0.15) is 12.1 Å². The molecule has 2 heterocycles. The van der Waals surface area contributed by atoms with Crippen molar-refractivity contribution in [2.24, 2.45) is 23.7 Å². The van der Waals surface area contributed by atoms with Crippen molar-refractivity contribution in [1.82, 2.24) is 14.5 Å². The number of fused-ring (bicyclic) bond motifs is 1. The van der Waals surface area contributed by atoms with E-state index in [0.29, 0.717) is 43.1 Å². The van der Waals surface area contributed by atoms with Gasteiger partial charge in [0.2, 0.25) is 0 Å². The van der Waals surface area contributed by atoms with Crippen molar-refractivity contribution < 1.29 is 32.2 Å². The van der Waals surface area contributed by atoms with E-state index in [-0.39, 0.29) is 35.5 Å². The first-order valence-electron chi connectivity index (χ1n) is 13.8. The SMILES string of the molecule is C=C(OC)[C@@H]1C[C@H](C(CCC(C)C)CC(=O)c2nc3ccccc3n2CC(F)(F)F)CN(C(=O)OC(C)(C)C)C1. The van der Waals surface area contributed by atoms with Crippen molar-refractivity contribution in [3.05, 3.63) is 42.4 Å². The number of hydrogen-bond donors (Lipinski definition) is 0. The van der Waals surface area contributed by atoms with Crippen LogP contribution in [0.1, 0.15) is 70.9 Å². The summed E-state index contributed by atoms with van der Waals surface area (Å²) in [6.07, 6.45) is -2.79. The van der Waals surface area contributed by atoms with Gasteiger partial charge in [-0.2, -0.15) is 13.2 Å². The summed E-state index contributed by atoms with van der Waals surface area (Å²) in [4.78, 5) is 32.7. The highest BCUT2D eigenvalue weighted by atomic mass is 19.4. The number of para-hydroxylation sites is 2. The lowest BCUT2D eigenvalue weighted by Crippen LogP contribution is -2.48. The highest BCUT2D eigenvalue weighted by Crippen LogP contribution is 2.37. The fraction of sp³-hybridized carbons (Fsp3) is 0.633. The van der Waals surface area contributed by atoms with Gasteiger partial charge in [-0.05, 0) is 63.5 Å². The van der Waals surface area contributed by atoms with Crippen LogP contribution in [0.25, 0.3) is 11.0 Å². The molecule has 1 aromatic carbocycles. The first kappa shape index (κ1) is 31.5. The summed E-state index contributed by atoms with van der Waals surface area (Å²) in [7, 11) is 1.54. The van der Waals surface area contributed by atoms with Crippen LogP contribution in [0.4, 0.5) is 18.0 Å². The lowest BCUT2D eigenvalue weighted by Gasteiger charge is -2.41. The molecule has 0 spiro atoms. The van der Waals surface area contributed by atoms with Gasteiger partial charge in [0.15, 0.2) is 11.6 Å². The van der Waals surface area contributed by atoms with E-state index >= 15 is 0 Å². The number of benzene rings is 1. The van der Waals surface area contributed by atoms with E-state index in [1.54, 1.807) is 49.9 Å². The van der Waals surface area contributed by atoms with Crippen molar-refractivity contribution in [3.8, 4) is 0 Å². The van der Waals surface area contributed by atoms with Crippen LogP contribution in [0.3, 0.4) is 0 Å². The molecule has 0 N–H and O–H groups in total. The number of alkyl halides is 3. The van der Waals surface area contributed by atoms with E-state index in [9.17, 15) is 22.8 Å². The second kappa shape index (κ2) is 12.6. The molecule has 1 saturated heterocycles. The van der Waals surface area contributed by atoms with Gasteiger partial charge in [-0.25, -0.2) is 9.78 Å². The second-order valence-electron chi connectivity index (χ2n) is 12.2. The molecule has 222 valence electrons. The lowest BCUT2D eigenvalue weighted by atomic mass is 9.75. The van der Waals surface area contributed by atoms with Crippen LogP contribution in [-0.4, -0.2) is 58.3 Å². The van der Waals surface area contributed by atoms with Gasteiger partial charge in [-0.15, -0.1) is 0 Å². The Morgan fingerprint density at radius 3 is 2.40 bits per heavy atom. The predicted octanol–water partition coefficient (Wildman–Crippen LogP) is 7.26. The van der Waals surface area contributed by atoms with E-state index in [2.05, 4.69) is 25.4 Å². The van der Waals surface area contributed by atoms with Crippen LogP contribution in [-0.2, 0) is 16.0 Å². The molecule has 7 nitrogen and oxygen atoms in total. The summed E-state index contributed by atoms with van der Waals surface area (Å²) < 4.78 is 52.6. The molecule has 1 aromatic heterocycles. The average molecular weight is 566 g/mol. The van der Waals surface area contributed by atoms with Crippen LogP contribution in [0.5, 0.6) is 0 Å². The fourth-order valence-electron chi connectivity index (χ4n) is 5.36. The molecule has 10 heteroatoms. The number of ether oxygens (including phenoxy) is 2. The zero-order valence-electron chi connectivity index (χ0n) is 24.4. The molecular formula is C30H42F3N3O4. The summed E-state index contributed by atoms with van der Waals surface area (Å²) in [6, 6.07) is 6.47. The summed E-state index contributed by atoms with van der Waals surface area (Å²) >= 11 is 0. The number of methoxy groups -OCH3 is 1. The third-order valence-electron chi connectivity index (χ3n) is 7.32. The van der Waals surface area contributed by atoms with Crippen molar-refractivity contribution in [2.75, 3.05) is 20.2 Å². The van der Waals surface area contributed by atoms with Crippen LogP contribution in [0.2, 0.25) is 0 Å². The zero-order chi connectivity index (χ0) is 29.8. The number of Topliss-reactive ketones (excluding diaryl/α,β-unsaturated/α-hetero) is 1. The molecule has 3 atom stereocenters. The molecule has 0 bridgehead atoms. The number of carbonyl (C=O) groups excluding carboxylic acids is 2. The van der Waals surface area contributed by atoms with Gasteiger partial charge in [0.05, 0.1) is 23.9 Å². The van der Waals surface area contributed by atoms with Gasteiger partial charge in [0.25, 0.3) is 0 Å². The van der Waals surface area contributed by atoms with Crippen molar-refractivity contribution >= 4 is 22.9 Å². The largest absolute Gasteiger partial charge is 0.501 e. The van der Waals surface area contributed by atoms with Crippen molar-refractivity contribution in [1.29, 1.82) is 0 Å². The Morgan fingerprint density at radius 2 is 1.80 bits per heavy atom. The molecule has 1 fully saturated rings. The maximum Gasteiger partial charge on any atom is 0.410 e. The predicted molar refractivity (Wildman–Crippen MR) is 148 cm³/mol. The number of nitrogens with zero attached hydrogens (tertiary/aromatic N) is 3. The van der Waals surface area contributed by atoms with Gasteiger partial charge in [0, 0.05) is 25.4 Å². The number of rotatable bonds is 10. The normalized spacial score (nSPS) is 19.1. The Balaban J connectivity index is 1.94. The molecule has 0 aliphatic carbocycles. The van der Waals surface area contributed by atoms with Crippen LogP contribution in [0.15, 0.2) is 36.6 Å². The number of aromatic nitrogens is 2. The Morgan fingerprint density at radius 1 is 1.12 bits per heavy atom. The highest BCUT2D eigenvalue weighted by molar-refractivity contribution is 5.96. The van der Waals surface area contributed by atoms with E-state index in [4.69, 9.17) is 9.47 Å². The summed E-state index contributed by atoms with van der Waals surface area (Å²) in [5, 5.41) is 0. The van der Waals surface area contributed by atoms with Gasteiger partial charge in [-0.3, -0.25) is 4.79 Å². The molecule has 1 amide bonds. The molecule has 1 aliphatic heterocycles. The molecule has 3 rings (SSSR count). The van der Waals surface area contributed by atoms with Gasteiger partial charge >= 0.3 is 12.3 Å². The van der Waals surface area contributed by atoms with Gasteiger partial charge < -0.3 is 18.9 Å². The highest BCUT2D eigenvalue weighted by Gasteiger charge is 2.39. The minimum atomic E-state index is -4.51. The van der Waals surface area contributed by atoms with E-state index in [0.717, 1.165) is 11.0 Å². The summed E-state index contributed by atoms with van der Waals surface area (Å²) in [5.74, 6) is -0.186. The number of ketones is 1. The van der Waals surface area contributed by atoms with E-state index in [1.807, 2.05) is 0 Å². The molecule has 40 heavy (non-hydrogen) atoms. The summed E-state index contributed by atoms with van der Waals surface area (Å²) in [6.45, 7) is 13.1. The number of carbonyl (C=O) groups is 2. The first-order chi connectivity index (χ1) is 18.6. The molecule has 2 aromatic rings. The number of hydrogen-bond acceptors (Lipinski definition) is 5. The van der Waals surface area contributed by atoms with Crippen molar-refractivity contribution in [2.45, 2.75) is 78.6 Å². The monoisotopic (exact) mass is 565 g/mol. The van der Waals surface area contributed by atoms with Crippen LogP contribution in [0, 0.1) is 23.7 Å². The molecule has 1 aliphatic rings. The number of piperidine rings is 1. The fourth-order valence-corrected chi connectivity index (χ4v) is 5.36. The van der Waals surface area contributed by atoms with Crippen LogP contribution < -0.4 is 0 Å². The smallest absolute Gasteiger partial charge is 0.410 e.